The van der Waals surface area contributed by atoms with E-state index in [-0.39, 0.29) is 0 Å². The molecule has 0 saturated carbocycles. The Morgan fingerprint density at radius 1 is 1.67 bits per heavy atom. The van der Waals surface area contributed by atoms with Crippen molar-refractivity contribution in [3.8, 4) is 0 Å². The van der Waals surface area contributed by atoms with Gasteiger partial charge in [0.25, 0.3) is 0 Å². The standard InChI is InChI=1S/C7H4ClO/c8-7-4-2-1-3-6(7)5-9/h2-5H. The van der Waals surface area contributed by atoms with Crippen molar-refractivity contribution in [2.24, 2.45) is 0 Å². The van der Waals surface area contributed by atoms with E-state index in [0.717, 1.165) is 0 Å². The van der Waals surface area contributed by atoms with Crippen LogP contribution in [0.15, 0.2) is 18.2 Å². The van der Waals surface area contributed by atoms with Gasteiger partial charge in [0.2, 0.25) is 0 Å². The molecular formula is C7H4ClO. The quantitative estimate of drug-likeness (QED) is 0.544. The van der Waals surface area contributed by atoms with Gasteiger partial charge in [-0.2, -0.15) is 0 Å². The van der Waals surface area contributed by atoms with Crippen molar-refractivity contribution >= 4 is 17.9 Å². The number of aldehydes is 1. The Balaban J connectivity index is 3.15. The van der Waals surface area contributed by atoms with E-state index in [4.69, 9.17) is 11.6 Å². The molecule has 0 aliphatic carbocycles. The molecule has 0 atom stereocenters. The molecular weight excluding hydrogens is 136 g/mol. The van der Waals surface area contributed by atoms with Crippen LogP contribution in [0.3, 0.4) is 0 Å². The zero-order chi connectivity index (χ0) is 6.69. The van der Waals surface area contributed by atoms with Crippen LogP contribution in [0.25, 0.3) is 0 Å². The minimum atomic E-state index is 0.476. The summed E-state index contributed by atoms with van der Waals surface area (Å²) in [5, 5.41) is 0.476. The van der Waals surface area contributed by atoms with Gasteiger partial charge in [-0.3, -0.25) is 4.79 Å². The van der Waals surface area contributed by atoms with E-state index in [9.17, 15) is 4.79 Å². The summed E-state index contributed by atoms with van der Waals surface area (Å²) in [5.74, 6) is 0. The fourth-order valence-electron chi connectivity index (χ4n) is 0.515. The van der Waals surface area contributed by atoms with Crippen molar-refractivity contribution < 1.29 is 4.79 Å². The predicted molar refractivity (Wildman–Crippen MR) is 35.7 cm³/mol. The highest BCUT2D eigenvalue weighted by Gasteiger charge is 1.92. The third-order valence-corrected chi connectivity index (χ3v) is 1.31. The summed E-state index contributed by atoms with van der Waals surface area (Å²) in [7, 11) is 0. The lowest BCUT2D eigenvalue weighted by atomic mass is 10.2. The SMILES string of the molecule is O=Cc1c[c]ccc1Cl. The fourth-order valence-corrected chi connectivity index (χ4v) is 0.677. The summed E-state index contributed by atoms with van der Waals surface area (Å²) in [6.45, 7) is 0. The molecule has 2 heteroatoms. The van der Waals surface area contributed by atoms with Crippen molar-refractivity contribution in [2.45, 2.75) is 0 Å². The van der Waals surface area contributed by atoms with Gasteiger partial charge in [0.15, 0.2) is 6.29 Å². The van der Waals surface area contributed by atoms with E-state index < -0.39 is 0 Å². The van der Waals surface area contributed by atoms with Gasteiger partial charge in [-0.15, -0.1) is 0 Å². The highest BCUT2D eigenvalue weighted by atomic mass is 35.5. The summed E-state index contributed by atoms with van der Waals surface area (Å²) in [4.78, 5) is 10.1. The third kappa shape index (κ3) is 1.30. The molecule has 0 aliphatic rings. The number of rotatable bonds is 1. The van der Waals surface area contributed by atoms with Gasteiger partial charge in [-0.25, -0.2) is 0 Å². The van der Waals surface area contributed by atoms with Gasteiger partial charge < -0.3 is 0 Å². The Kier molecular flexibility index (Phi) is 1.85. The van der Waals surface area contributed by atoms with Crippen LogP contribution < -0.4 is 0 Å². The smallest absolute Gasteiger partial charge is 0.151 e. The second-order valence-corrected chi connectivity index (χ2v) is 1.97. The Morgan fingerprint density at radius 2 is 2.44 bits per heavy atom. The largest absolute Gasteiger partial charge is 0.298 e. The molecule has 1 nitrogen and oxygen atoms in total. The maximum Gasteiger partial charge on any atom is 0.151 e. The van der Waals surface area contributed by atoms with E-state index in [1.807, 2.05) is 0 Å². The van der Waals surface area contributed by atoms with E-state index >= 15 is 0 Å². The molecule has 1 aromatic carbocycles. The van der Waals surface area contributed by atoms with Crippen molar-refractivity contribution in [3.05, 3.63) is 34.9 Å². The molecule has 0 fully saturated rings. The minimum Gasteiger partial charge on any atom is -0.298 e. The average molecular weight is 140 g/mol. The van der Waals surface area contributed by atoms with Crippen LogP contribution in [0.1, 0.15) is 10.4 Å². The third-order valence-electron chi connectivity index (χ3n) is 0.967. The molecule has 0 aliphatic heterocycles. The maximum absolute atomic E-state index is 10.1. The first kappa shape index (κ1) is 6.30. The van der Waals surface area contributed by atoms with Gasteiger partial charge in [0.05, 0.1) is 5.02 Å². The predicted octanol–water partition coefficient (Wildman–Crippen LogP) is 1.95. The first-order valence-corrected chi connectivity index (χ1v) is 2.83. The highest BCUT2D eigenvalue weighted by Crippen LogP contribution is 2.11. The van der Waals surface area contributed by atoms with Gasteiger partial charge >= 0.3 is 0 Å². The molecule has 0 heterocycles. The van der Waals surface area contributed by atoms with E-state index in [1.54, 1.807) is 18.2 Å². The summed E-state index contributed by atoms with van der Waals surface area (Å²) < 4.78 is 0. The molecule has 9 heavy (non-hydrogen) atoms. The van der Waals surface area contributed by atoms with Gasteiger partial charge in [-0.05, 0) is 18.2 Å². The number of benzene rings is 1. The van der Waals surface area contributed by atoms with Crippen LogP contribution in [-0.4, -0.2) is 6.29 Å². The summed E-state index contributed by atoms with van der Waals surface area (Å²) in [6, 6.07) is 7.58. The minimum absolute atomic E-state index is 0.476. The van der Waals surface area contributed by atoms with Crippen molar-refractivity contribution in [1.29, 1.82) is 0 Å². The molecule has 1 rings (SSSR count). The lowest BCUT2D eigenvalue weighted by Crippen LogP contribution is -1.78. The lowest BCUT2D eigenvalue weighted by molar-refractivity contribution is 0.112. The van der Waals surface area contributed by atoms with E-state index in [2.05, 4.69) is 6.07 Å². The van der Waals surface area contributed by atoms with Crippen LogP contribution in [0.4, 0.5) is 0 Å². The second kappa shape index (κ2) is 2.65. The van der Waals surface area contributed by atoms with Crippen molar-refractivity contribution in [1.82, 2.24) is 0 Å². The Hall–Kier alpha value is -0.820. The van der Waals surface area contributed by atoms with Gasteiger partial charge in [-0.1, -0.05) is 17.7 Å². The zero-order valence-corrected chi connectivity index (χ0v) is 5.35. The lowest BCUT2D eigenvalue weighted by Gasteiger charge is -1.89. The summed E-state index contributed by atoms with van der Waals surface area (Å²) in [6.07, 6.45) is 0.707. The van der Waals surface area contributed by atoms with Crippen LogP contribution in [0.5, 0.6) is 0 Å². The van der Waals surface area contributed by atoms with Crippen LogP contribution in [0.2, 0.25) is 5.02 Å². The van der Waals surface area contributed by atoms with Crippen molar-refractivity contribution in [2.75, 3.05) is 0 Å². The zero-order valence-electron chi connectivity index (χ0n) is 4.60. The summed E-state index contributed by atoms with van der Waals surface area (Å²) in [5.41, 5.74) is 0.485. The molecule has 0 N–H and O–H groups in total. The average Bonchev–Trinajstić information content (AvgIpc) is 1.89. The molecule has 0 spiro atoms. The maximum atomic E-state index is 10.1. The Morgan fingerprint density at radius 3 is 2.89 bits per heavy atom. The summed E-state index contributed by atoms with van der Waals surface area (Å²) >= 11 is 5.57. The van der Waals surface area contributed by atoms with E-state index in [0.29, 0.717) is 16.9 Å². The highest BCUT2D eigenvalue weighted by molar-refractivity contribution is 6.32. The molecule has 0 amide bonds. The van der Waals surface area contributed by atoms with Crippen molar-refractivity contribution in [3.63, 3.8) is 0 Å². The van der Waals surface area contributed by atoms with E-state index in [1.165, 1.54) is 0 Å². The Labute approximate surface area is 58.3 Å². The normalized spacial score (nSPS) is 9.00. The number of hydrogen-bond donors (Lipinski definition) is 0. The first-order valence-electron chi connectivity index (χ1n) is 2.45. The monoisotopic (exact) mass is 139 g/mol. The van der Waals surface area contributed by atoms with Crippen LogP contribution in [0, 0.1) is 6.07 Å². The number of halogens is 1. The van der Waals surface area contributed by atoms with Crippen LogP contribution >= 0.6 is 11.6 Å². The second-order valence-electron chi connectivity index (χ2n) is 1.57. The molecule has 0 bridgehead atoms. The molecule has 0 saturated heterocycles. The molecule has 0 aromatic heterocycles. The number of hydrogen-bond acceptors (Lipinski definition) is 1. The molecule has 45 valence electrons. The number of carbonyl (C=O) groups excluding carboxylic acids is 1. The first-order chi connectivity index (χ1) is 4.34. The number of carbonyl (C=O) groups is 1. The Bertz CT molecular complexity index is 220. The topological polar surface area (TPSA) is 17.1 Å². The molecule has 0 unspecified atom stereocenters. The van der Waals surface area contributed by atoms with Gasteiger partial charge in [0.1, 0.15) is 0 Å². The fraction of sp³-hybridized carbons (Fsp3) is 0. The van der Waals surface area contributed by atoms with Crippen LogP contribution in [-0.2, 0) is 0 Å². The molecule has 1 aromatic rings. The van der Waals surface area contributed by atoms with Gasteiger partial charge in [0, 0.05) is 5.56 Å². The molecule has 1 radical (unpaired) electrons.